The number of piperidine rings is 1. The SMILES string of the molecule is O=C(C=Cc1cc2c(cc1O)OCO2)N1CCCCC1. The van der Waals surface area contributed by atoms with Gasteiger partial charge in [-0.05, 0) is 31.4 Å². The Bertz CT molecular complexity index is 547. The average Bonchev–Trinajstić information content (AvgIpc) is 2.92. The second-order valence-corrected chi connectivity index (χ2v) is 4.98. The zero-order valence-electron chi connectivity index (χ0n) is 11.2. The van der Waals surface area contributed by atoms with Crippen molar-refractivity contribution in [3.8, 4) is 17.2 Å². The fraction of sp³-hybridized carbons (Fsp3) is 0.400. The van der Waals surface area contributed by atoms with Gasteiger partial charge >= 0.3 is 0 Å². The molecule has 1 amide bonds. The highest BCUT2D eigenvalue weighted by molar-refractivity contribution is 5.92. The highest BCUT2D eigenvalue weighted by Crippen LogP contribution is 2.38. The standard InChI is InChI=1S/C15H17NO4/c17-12-9-14-13(19-10-20-14)8-11(12)4-5-15(18)16-6-2-1-3-7-16/h4-5,8-9,17H,1-3,6-7,10H2. The number of aromatic hydroxyl groups is 1. The Morgan fingerprint density at radius 2 is 1.85 bits per heavy atom. The van der Waals surface area contributed by atoms with Gasteiger partial charge in [-0.1, -0.05) is 0 Å². The second kappa shape index (κ2) is 5.45. The molecular weight excluding hydrogens is 258 g/mol. The van der Waals surface area contributed by atoms with Crippen LogP contribution in [0.2, 0.25) is 0 Å². The van der Waals surface area contributed by atoms with Gasteiger partial charge in [0.05, 0.1) is 0 Å². The number of hydrogen-bond donors (Lipinski definition) is 1. The average molecular weight is 275 g/mol. The molecule has 0 radical (unpaired) electrons. The molecule has 2 aliphatic rings. The summed E-state index contributed by atoms with van der Waals surface area (Å²) in [6, 6.07) is 3.19. The first-order valence-electron chi connectivity index (χ1n) is 6.83. The van der Waals surface area contributed by atoms with Gasteiger partial charge in [0.1, 0.15) is 5.75 Å². The van der Waals surface area contributed by atoms with Gasteiger partial charge in [-0.2, -0.15) is 0 Å². The van der Waals surface area contributed by atoms with Crippen LogP contribution in [0.1, 0.15) is 24.8 Å². The zero-order valence-corrected chi connectivity index (χ0v) is 11.2. The molecule has 0 spiro atoms. The maximum absolute atomic E-state index is 12.0. The van der Waals surface area contributed by atoms with E-state index in [0.717, 1.165) is 25.9 Å². The Morgan fingerprint density at radius 1 is 1.15 bits per heavy atom. The first-order chi connectivity index (χ1) is 9.74. The number of phenolic OH excluding ortho intramolecular Hbond substituents is 1. The molecule has 0 aliphatic carbocycles. The molecule has 0 bridgehead atoms. The Kier molecular flexibility index (Phi) is 3.50. The van der Waals surface area contributed by atoms with E-state index < -0.39 is 0 Å². The lowest BCUT2D eigenvalue weighted by Gasteiger charge is -2.25. The van der Waals surface area contributed by atoms with Crippen LogP contribution < -0.4 is 9.47 Å². The molecule has 1 fully saturated rings. The summed E-state index contributed by atoms with van der Waals surface area (Å²) in [5.41, 5.74) is 0.555. The molecule has 3 rings (SSSR count). The molecule has 0 atom stereocenters. The molecule has 1 aromatic carbocycles. The normalized spacial score (nSPS) is 17.7. The largest absolute Gasteiger partial charge is 0.507 e. The van der Waals surface area contributed by atoms with Gasteiger partial charge in [-0.3, -0.25) is 4.79 Å². The van der Waals surface area contributed by atoms with Crippen LogP contribution in [0.5, 0.6) is 17.2 Å². The molecule has 1 saturated heterocycles. The second-order valence-electron chi connectivity index (χ2n) is 4.98. The number of benzene rings is 1. The predicted molar refractivity (Wildman–Crippen MR) is 73.7 cm³/mol. The molecule has 5 heteroatoms. The van der Waals surface area contributed by atoms with E-state index in [9.17, 15) is 9.90 Å². The van der Waals surface area contributed by atoms with E-state index in [4.69, 9.17) is 9.47 Å². The first kappa shape index (κ1) is 12.8. The fourth-order valence-electron chi connectivity index (χ4n) is 2.46. The monoisotopic (exact) mass is 275 g/mol. The minimum absolute atomic E-state index is 0.0123. The zero-order chi connectivity index (χ0) is 13.9. The number of rotatable bonds is 2. The minimum atomic E-state index is -0.0123. The van der Waals surface area contributed by atoms with Crippen molar-refractivity contribution >= 4 is 12.0 Å². The smallest absolute Gasteiger partial charge is 0.246 e. The first-order valence-corrected chi connectivity index (χ1v) is 6.83. The summed E-state index contributed by atoms with van der Waals surface area (Å²) >= 11 is 0. The Hall–Kier alpha value is -2.17. The number of carbonyl (C=O) groups is 1. The van der Waals surface area contributed by atoms with Crippen molar-refractivity contribution in [3.63, 3.8) is 0 Å². The van der Waals surface area contributed by atoms with Gasteiger partial charge in [0, 0.05) is 30.8 Å². The number of fused-ring (bicyclic) bond motifs is 1. The maximum Gasteiger partial charge on any atom is 0.246 e. The molecule has 2 aliphatic heterocycles. The number of carbonyl (C=O) groups excluding carboxylic acids is 1. The van der Waals surface area contributed by atoms with Crippen LogP contribution >= 0.6 is 0 Å². The van der Waals surface area contributed by atoms with Crippen molar-refractivity contribution in [1.29, 1.82) is 0 Å². The van der Waals surface area contributed by atoms with E-state index in [-0.39, 0.29) is 18.4 Å². The highest BCUT2D eigenvalue weighted by atomic mass is 16.7. The minimum Gasteiger partial charge on any atom is -0.507 e. The van der Waals surface area contributed by atoms with Crippen molar-refractivity contribution in [2.45, 2.75) is 19.3 Å². The molecule has 106 valence electrons. The van der Waals surface area contributed by atoms with Crippen LogP contribution in [-0.2, 0) is 4.79 Å². The number of likely N-dealkylation sites (tertiary alicyclic amines) is 1. The van der Waals surface area contributed by atoms with Crippen LogP contribution in [0.3, 0.4) is 0 Å². The third-order valence-corrected chi connectivity index (χ3v) is 3.60. The van der Waals surface area contributed by atoms with Crippen molar-refractivity contribution in [2.75, 3.05) is 19.9 Å². The molecule has 0 saturated carbocycles. The topological polar surface area (TPSA) is 59.0 Å². The van der Waals surface area contributed by atoms with Crippen LogP contribution in [0, 0.1) is 0 Å². The summed E-state index contributed by atoms with van der Waals surface area (Å²) in [6.07, 6.45) is 6.44. The third kappa shape index (κ3) is 2.57. The number of phenols is 1. The van der Waals surface area contributed by atoms with E-state index >= 15 is 0 Å². The predicted octanol–water partition coefficient (Wildman–Crippen LogP) is 2.15. The van der Waals surface area contributed by atoms with Crippen LogP contribution in [0.15, 0.2) is 18.2 Å². The quantitative estimate of drug-likeness (QED) is 0.840. The van der Waals surface area contributed by atoms with Crippen LogP contribution in [0.4, 0.5) is 0 Å². The lowest BCUT2D eigenvalue weighted by atomic mass is 10.1. The van der Waals surface area contributed by atoms with E-state index in [0.29, 0.717) is 17.1 Å². The summed E-state index contributed by atoms with van der Waals surface area (Å²) in [4.78, 5) is 13.9. The van der Waals surface area contributed by atoms with E-state index in [1.807, 2.05) is 4.90 Å². The van der Waals surface area contributed by atoms with Gasteiger partial charge in [0.2, 0.25) is 12.7 Å². The Balaban J connectivity index is 1.73. The van der Waals surface area contributed by atoms with Crippen molar-refractivity contribution < 1.29 is 19.4 Å². The van der Waals surface area contributed by atoms with Crippen LogP contribution in [-0.4, -0.2) is 35.8 Å². The summed E-state index contributed by atoms with van der Waals surface area (Å²) in [6.45, 7) is 1.79. The Morgan fingerprint density at radius 3 is 2.60 bits per heavy atom. The lowest BCUT2D eigenvalue weighted by Crippen LogP contribution is -2.34. The van der Waals surface area contributed by atoms with E-state index in [1.54, 1.807) is 12.1 Å². The molecule has 5 nitrogen and oxygen atoms in total. The molecule has 2 heterocycles. The maximum atomic E-state index is 12.0. The van der Waals surface area contributed by atoms with Crippen molar-refractivity contribution in [3.05, 3.63) is 23.8 Å². The number of hydrogen-bond acceptors (Lipinski definition) is 4. The fourth-order valence-corrected chi connectivity index (χ4v) is 2.46. The summed E-state index contributed by atoms with van der Waals surface area (Å²) in [5, 5.41) is 9.89. The molecule has 0 unspecified atom stereocenters. The summed E-state index contributed by atoms with van der Waals surface area (Å²) in [7, 11) is 0. The molecule has 1 aromatic rings. The van der Waals surface area contributed by atoms with Gasteiger partial charge in [0.15, 0.2) is 11.5 Å². The highest BCUT2D eigenvalue weighted by Gasteiger charge is 2.17. The van der Waals surface area contributed by atoms with Crippen molar-refractivity contribution in [2.24, 2.45) is 0 Å². The van der Waals surface area contributed by atoms with Gasteiger partial charge in [0.25, 0.3) is 0 Å². The number of nitrogens with zero attached hydrogens (tertiary/aromatic N) is 1. The molecule has 0 aromatic heterocycles. The van der Waals surface area contributed by atoms with E-state index in [2.05, 4.69) is 0 Å². The summed E-state index contributed by atoms with van der Waals surface area (Å²) in [5.74, 6) is 1.19. The molecule has 1 N–H and O–H groups in total. The number of ether oxygens (including phenoxy) is 2. The van der Waals surface area contributed by atoms with Gasteiger partial charge in [-0.15, -0.1) is 0 Å². The number of amides is 1. The lowest BCUT2D eigenvalue weighted by molar-refractivity contribution is -0.126. The van der Waals surface area contributed by atoms with E-state index in [1.165, 1.54) is 18.6 Å². The molecule has 20 heavy (non-hydrogen) atoms. The third-order valence-electron chi connectivity index (χ3n) is 3.60. The van der Waals surface area contributed by atoms with Gasteiger partial charge in [-0.25, -0.2) is 0 Å². The van der Waals surface area contributed by atoms with Crippen LogP contribution in [0.25, 0.3) is 6.08 Å². The van der Waals surface area contributed by atoms with Crippen molar-refractivity contribution in [1.82, 2.24) is 4.90 Å². The van der Waals surface area contributed by atoms with Gasteiger partial charge < -0.3 is 19.5 Å². The molecular formula is C15H17NO4. The summed E-state index contributed by atoms with van der Waals surface area (Å²) < 4.78 is 10.4. The Labute approximate surface area is 117 Å².